The Bertz CT molecular complexity index is 663. The molecule has 0 aliphatic carbocycles. The zero-order valence-electron chi connectivity index (χ0n) is 14.1. The second-order valence-electron chi connectivity index (χ2n) is 5.44. The monoisotopic (exact) mass is 334 g/mol. The molecule has 0 atom stereocenters. The van der Waals surface area contributed by atoms with Gasteiger partial charge >= 0.3 is 0 Å². The summed E-state index contributed by atoms with van der Waals surface area (Å²) in [5.41, 5.74) is 1.65. The highest BCUT2D eigenvalue weighted by molar-refractivity contribution is 6.30. The van der Waals surface area contributed by atoms with Crippen molar-refractivity contribution in [2.45, 2.75) is 26.7 Å². The molecule has 1 N–H and O–H groups in total. The molecule has 0 bridgehead atoms. The van der Waals surface area contributed by atoms with Crippen molar-refractivity contribution < 1.29 is 4.74 Å². The standard InChI is InChI=1S/C17H23ClN4O/c1-5-6-9-22(3)16-10-12(2)19-17(21-16)20-14-11-13(18)7-8-15(14)23-4/h7-8,10-11H,5-6,9H2,1-4H3,(H,19,20,21). The van der Waals surface area contributed by atoms with E-state index in [4.69, 9.17) is 16.3 Å². The molecule has 0 spiro atoms. The molecule has 0 radical (unpaired) electrons. The van der Waals surface area contributed by atoms with E-state index >= 15 is 0 Å². The number of hydrogen-bond donors (Lipinski definition) is 1. The minimum absolute atomic E-state index is 0.531. The number of unbranched alkanes of at least 4 members (excludes halogenated alkanes) is 1. The van der Waals surface area contributed by atoms with Gasteiger partial charge in [-0.2, -0.15) is 4.98 Å². The molecule has 1 aromatic carbocycles. The lowest BCUT2D eigenvalue weighted by atomic mass is 10.3. The number of anilines is 3. The van der Waals surface area contributed by atoms with Gasteiger partial charge in [-0.15, -0.1) is 0 Å². The largest absolute Gasteiger partial charge is 0.495 e. The van der Waals surface area contributed by atoms with Crippen molar-refractivity contribution in [3.63, 3.8) is 0 Å². The van der Waals surface area contributed by atoms with Gasteiger partial charge in [-0.05, 0) is 31.5 Å². The maximum absolute atomic E-state index is 6.07. The van der Waals surface area contributed by atoms with Crippen LogP contribution in [0, 0.1) is 6.92 Å². The number of methoxy groups -OCH3 is 1. The highest BCUT2D eigenvalue weighted by Crippen LogP contribution is 2.30. The molecule has 0 saturated carbocycles. The van der Waals surface area contributed by atoms with Crippen LogP contribution in [0.1, 0.15) is 25.5 Å². The molecule has 0 amide bonds. The molecular weight excluding hydrogens is 312 g/mol. The van der Waals surface area contributed by atoms with Crippen LogP contribution in [-0.2, 0) is 0 Å². The lowest BCUT2D eigenvalue weighted by Gasteiger charge is -2.19. The lowest BCUT2D eigenvalue weighted by molar-refractivity contribution is 0.417. The Hall–Kier alpha value is -2.01. The average molecular weight is 335 g/mol. The number of hydrogen-bond acceptors (Lipinski definition) is 5. The number of ether oxygens (including phenoxy) is 1. The minimum atomic E-state index is 0.531. The molecule has 2 rings (SSSR count). The lowest BCUT2D eigenvalue weighted by Crippen LogP contribution is -2.20. The zero-order valence-corrected chi connectivity index (χ0v) is 14.8. The van der Waals surface area contributed by atoms with Crippen LogP contribution in [0.25, 0.3) is 0 Å². The molecular formula is C17H23ClN4O. The Kier molecular flexibility index (Phi) is 6.04. The predicted molar refractivity (Wildman–Crippen MR) is 96.2 cm³/mol. The van der Waals surface area contributed by atoms with Gasteiger partial charge < -0.3 is 15.0 Å². The summed E-state index contributed by atoms with van der Waals surface area (Å²) in [5, 5.41) is 3.82. The molecule has 0 saturated heterocycles. The highest BCUT2D eigenvalue weighted by Gasteiger charge is 2.10. The number of benzene rings is 1. The molecule has 0 unspecified atom stereocenters. The molecule has 5 nitrogen and oxygen atoms in total. The molecule has 1 aromatic heterocycles. The molecule has 0 fully saturated rings. The van der Waals surface area contributed by atoms with Gasteiger partial charge in [-0.25, -0.2) is 4.98 Å². The fraction of sp³-hybridized carbons (Fsp3) is 0.412. The first-order valence-electron chi connectivity index (χ1n) is 7.71. The van der Waals surface area contributed by atoms with Gasteiger partial charge in [0.1, 0.15) is 11.6 Å². The SMILES string of the molecule is CCCCN(C)c1cc(C)nc(Nc2cc(Cl)ccc2OC)n1. The first-order valence-corrected chi connectivity index (χ1v) is 8.08. The summed E-state index contributed by atoms with van der Waals surface area (Å²) in [6.07, 6.45) is 2.28. The molecule has 0 aliphatic heterocycles. The Morgan fingerprint density at radius 2 is 2.04 bits per heavy atom. The van der Waals surface area contributed by atoms with Gasteiger partial charge in [0.05, 0.1) is 12.8 Å². The van der Waals surface area contributed by atoms with Gasteiger partial charge in [-0.1, -0.05) is 24.9 Å². The van der Waals surface area contributed by atoms with Crippen LogP contribution in [0.2, 0.25) is 5.02 Å². The molecule has 124 valence electrons. The van der Waals surface area contributed by atoms with Gasteiger partial charge in [0.25, 0.3) is 0 Å². The van der Waals surface area contributed by atoms with Gasteiger partial charge in [0.2, 0.25) is 5.95 Å². The Morgan fingerprint density at radius 1 is 1.26 bits per heavy atom. The average Bonchev–Trinajstić information content (AvgIpc) is 2.52. The van der Waals surface area contributed by atoms with E-state index < -0.39 is 0 Å². The third-order valence-electron chi connectivity index (χ3n) is 3.49. The van der Waals surface area contributed by atoms with Crippen molar-refractivity contribution >= 4 is 29.1 Å². The van der Waals surface area contributed by atoms with Gasteiger partial charge in [0.15, 0.2) is 0 Å². The molecule has 2 aromatic rings. The van der Waals surface area contributed by atoms with E-state index in [0.717, 1.165) is 36.6 Å². The second-order valence-corrected chi connectivity index (χ2v) is 5.87. The highest BCUT2D eigenvalue weighted by atomic mass is 35.5. The van der Waals surface area contributed by atoms with Crippen molar-refractivity contribution in [2.24, 2.45) is 0 Å². The number of nitrogens with one attached hydrogen (secondary N) is 1. The summed E-state index contributed by atoms with van der Waals surface area (Å²) in [5.74, 6) is 2.12. The summed E-state index contributed by atoms with van der Waals surface area (Å²) in [6.45, 7) is 5.10. The maximum Gasteiger partial charge on any atom is 0.229 e. The quantitative estimate of drug-likeness (QED) is 0.811. The first kappa shape index (κ1) is 17.3. The summed E-state index contributed by atoms with van der Waals surface area (Å²) in [4.78, 5) is 11.2. The van der Waals surface area contributed by atoms with E-state index in [-0.39, 0.29) is 0 Å². The van der Waals surface area contributed by atoms with Crippen molar-refractivity contribution in [1.82, 2.24) is 9.97 Å². The summed E-state index contributed by atoms with van der Waals surface area (Å²) >= 11 is 6.07. The number of rotatable bonds is 7. The van der Waals surface area contributed by atoms with Crippen molar-refractivity contribution in [2.75, 3.05) is 30.9 Å². The van der Waals surface area contributed by atoms with E-state index in [9.17, 15) is 0 Å². The summed E-state index contributed by atoms with van der Waals surface area (Å²) in [6, 6.07) is 7.38. The van der Waals surface area contributed by atoms with Crippen LogP contribution in [-0.4, -0.2) is 30.7 Å². The van der Waals surface area contributed by atoms with Crippen molar-refractivity contribution in [3.8, 4) is 5.75 Å². The van der Waals surface area contributed by atoms with Gasteiger partial charge in [0, 0.05) is 30.4 Å². The molecule has 0 aliphatic rings. The van der Waals surface area contributed by atoms with Crippen LogP contribution >= 0.6 is 11.6 Å². The van der Waals surface area contributed by atoms with Crippen molar-refractivity contribution in [1.29, 1.82) is 0 Å². The van der Waals surface area contributed by atoms with E-state index in [1.807, 2.05) is 26.1 Å². The Labute approximate surface area is 142 Å². The third-order valence-corrected chi connectivity index (χ3v) is 3.72. The number of aromatic nitrogens is 2. The van der Waals surface area contributed by atoms with E-state index in [2.05, 4.69) is 27.1 Å². The number of nitrogens with zero attached hydrogens (tertiary/aromatic N) is 3. The third kappa shape index (κ3) is 4.73. The van der Waals surface area contributed by atoms with Crippen LogP contribution in [0.5, 0.6) is 5.75 Å². The van der Waals surface area contributed by atoms with Gasteiger partial charge in [-0.3, -0.25) is 0 Å². The smallest absolute Gasteiger partial charge is 0.229 e. The normalized spacial score (nSPS) is 10.5. The fourth-order valence-electron chi connectivity index (χ4n) is 2.21. The fourth-order valence-corrected chi connectivity index (χ4v) is 2.38. The van der Waals surface area contributed by atoms with Crippen LogP contribution < -0.4 is 15.0 Å². The molecule has 1 heterocycles. The van der Waals surface area contributed by atoms with Crippen molar-refractivity contribution in [3.05, 3.63) is 35.0 Å². The van der Waals surface area contributed by atoms with Crippen LogP contribution in [0.3, 0.4) is 0 Å². The topological polar surface area (TPSA) is 50.3 Å². The minimum Gasteiger partial charge on any atom is -0.495 e. The maximum atomic E-state index is 6.07. The Morgan fingerprint density at radius 3 is 2.74 bits per heavy atom. The van der Waals surface area contributed by atoms with E-state index in [1.165, 1.54) is 0 Å². The summed E-state index contributed by atoms with van der Waals surface area (Å²) in [7, 11) is 3.66. The first-order chi connectivity index (χ1) is 11.0. The van der Waals surface area contributed by atoms with Crippen LogP contribution in [0.15, 0.2) is 24.3 Å². The molecule has 6 heteroatoms. The zero-order chi connectivity index (χ0) is 16.8. The second kappa shape index (κ2) is 8.02. The number of halogens is 1. The number of aryl methyl sites for hydroxylation is 1. The molecule has 23 heavy (non-hydrogen) atoms. The Balaban J connectivity index is 2.26. The predicted octanol–water partition coefficient (Wildman–Crippen LogP) is 4.43. The van der Waals surface area contributed by atoms with Crippen LogP contribution in [0.4, 0.5) is 17.5 Å². The van der Waals surface area contributed by atoms with E-state index in [1.54, 1.807) is 19.2 Å². The van der Waals surface area contributed by atoms with E-state index in [0.29, 0.717) is 16.7 Å². The summed E-state index contributed by atoms with van der Waals surface area (Å²) < 4.78 is 5.35.